The molecule has 1 saturated heterocycles. The van der Waals surface area contributed by atoms with Gasteiger partial charge in [0.1, 0.15) is 5.75 Å². The first kappa shape index (κ1) is 22.9. The van der Waals surface area contributed by atoms with Gasteiger partial charge in [0, 0.05) is 43.1 Å². The van der Waals surface area contributed by atoms with Crippen LogP contribution in [0.2, 0.25) is 0 Å². The van der Waals surface area contributed by atoms with Crippen molar-refractivity contribution >= 4 is 18.0 Å². The summed E-state index contributed by atoms with van der Waals surface area (Å²) in [6, 6.07) is 10.0. The summed E-state index contributed by atoms with van der Waals surface area (Å²) in [6.45, 7) is 4.84. The van der Waals surface area contributed by atoms with E-state index in [-0.39, 0.29) is 23.3 Å². The summed E-state index contributed by atoms with van der Waals surface area (Å²) in [5, 5.41) is 3.25. The molecule has 2 heterocycles. The number of nitrogens with one attached hydrogen (secondary N) is 1. The third kappa shape index (κ3) is 5.27. The predicted molar refractivity (Wildman–Crippen MR) is 130 cm³/mol. The van der Waals surface area contributed by atoms with Crippen molar-refractivity contribution in [1.29, 1.82) is 0 Å². The monoisotopic (exact) mass is 462 g/mol. The molecular formula is C28H34N2O4. The zero-order valence-corrected chi connectivity index (χ0v) is 19.9. The largest absolute Gasteiger partial charge is 0.472 e. The van der Waals surface area contributed by atoms with Gasteiger partial charge < -0.3 is 19.4 Å². The van der Waals surface area contributed by atoms with Crippen LogP contribution in [0.1, 0.15) is 56.6 Å². The van der Waals surface area contributed by atoms with Crippen LogP contribution in [-0.4, -0.2) is 42.5 Å². The summed E-state index contributed by atoms with van der Waals surface area (Å²) in [4.78, 5) is 26.9. The summed E-state index contributed by atoms with van der Waals surface area (Å²) in [6.07, 6.45) is 13.4. The van der Waals surface area contributed by atoms with E-state index in [9.17, 15) is 9.59 Å². The van der Waals surface area contributed by atoms with Crippen molar-refractivity contribution < 1.29 is 18.7 Å². The first-order chi connectivity index (χ1) is 16.5. The number of amides is 1. The van der Waals surface area contributed by atoms with Crippen molar-refractivity contribution in [3.8, 4) is 5.75 Å². The van der Waals surface area contributed by atoms with Crippen LogP contribution in [0.15, 0.2) is 53.4 Å². The predicted octanol–water partition coefficient (Wildman–Crippen LogP) is 4.56. The van der Waals surface area contributed by atoms with Gasteiger partial charge in [0.25, 0.3) is 0 Å². The highest BCUT2D eigenvalue weighted by Gasteiger charge is 2.48. The quantitative estimate of drug-likeness (QED) is 0.371. The first-order valence-corrected chi connectivity index (χ1v) is 12.5. The van der Waals surface area contributed by atoms with E-state index < -0.39 is 0 Å². The number of likely N-dealkylation sites (tertiary alicyclic amines) is 1. The smallest absolute Gasteiger partial charge is 0.308 e. The van der Waals surface area contributed by atoms with Gasteiger partial charge in [0.15, 0.2) is 0 Å². The second-order valence-corrected chi connectivity index (χ2v) is 10.3. The van der Waals surface area contributed by atoms with Gasteiger partial charge in [0.05, 0.1) is 12.5 Å². The molecular weight excluding hydrogens is 428 g/mol. The number of fused-ring (bicyclic) bond motifs is 1. The highest BCUT2D eigenvalue weighted by Crippen LogP contribution is 2.50. The normalized spacial score (nSPS) is 27.3. The molecule has 2 aromatic rings. The number of rotatable bonds is 7. The van der Waals surface area contributed by atoms with Crippen molar-refractivity contribution in [3.63, 3.8) is 0 Å². The molecule has 2 saturated carbocycles. The van der Waals surface area contributed by atoms with Crippen LogP contribution in [0.5, 0.6) is 5.75 Å². The molecule has 6 heteroatoms. The lowest BCUT2D eigenvalue weighted by Gasteiger charge is -2.53. The number of furan rings is 1. The Bertz CT molecular complexity index is 1040. The molecule has 180 valence electrons. The maximum atomic E-state index is 12.7. The molecule has 2 aliphatic carbocycles. The minimum Gasteiger partial charge on any atom is -0.472 e. The number of carbonyl (C=O) groups excluding carboxylic acids is 2. The van der Waals surface area contributed by atoms with Gasteiger partial charge in [-0.15, -0.1) is 0 Å². The Morgan fingerprint density at radius 2 is 2.12 bits per heavy atom. The number of esters is 1. The topological polar surface area (TPSA) is 71.8 Å². The maximum Gasteiger partial charge on any atom is 0.308 e. The molecule has 6 nitrogen and oxygen atoms in total. The molecule has 34 heavy (non-hydrogen) atoms. The van der Waals surface area contributed by atoms with E-state index in [0.29, 0.717) is 11.7 Å². The molecule has 1 amide bonds. The highest BCUT2D eigenvalue weighted by molar-refractivity contribution is 5.91. The average molecular weight is 463 g/mol. The second-order valence-electron chi connectivity index (χ2n) is 10.3. The number of hydrogen-bond donors (Lipinski definition) is 1. The van der Waals surface area contributed by atoms with Crippen LogP contribution in [0.3, 0.4) is 0 Å². The van der Waals surface area contributed by atoms with Gasteiger partial charge in [-0.1, -0.05) is 12.1 Å². The van der Waals surface area contributed by atoms with Crippen LogP contribution in [0.25, 0.3) is 6.08 Å². The maximum absolute atomic E-state index is 12.7. The van der Waals surface area contributed by atoms with Gasteiger partial charge >= 0.3 is 5.97 Å². The fourth-order valence-electron chi connectivity index (χ4n) is 6.00. The van der Waals surface area contributed by atoms with Crippen LogP contribution < -0.4 is 10.1 Å². The fraction of sp³-hybridized carbons (Fsp3) is 0.500. The Hall–Kier alpha value is -2.86. The summed E-state index contributed by atoms with van der Waals surface area (Å²) >= 11 is 0. The SMILES string of the molecule is CC(=O)Oc1cccc([C@@]23CCN(CC4CC4)C[C@H]2CC[C@H](NC(=O)C=Cc2ccoc2)C3)c1. The third-order valence-electron chi connectivity index (χ3n) is 7.81. The molecule has 1 aliphatic heterocycles. The molecule has 0 bridgehead atoms. The number of benzene rings is 1. The van der Waals surface area contributed by atoms with Gasteiger partial charge in [-0.3, -0.25) is 9.59 Å². The van der Waals surface area contributed by atoms with E-state index >= 15 is 0 Å². The molecule has 3 atom stereocenters. The lowest BCUT2D eigenvalue weighted by molar-refractivity contribution is -0.131. The third-order valence-corrected chi connectivity index (χ3v) is 7.81. The van der Waals surface area contributed by atoms with E-state index in [1.54, 1.807) is 24.7 Å². The molecule has 1 aromatic heterocycles. The Balaban J connectivity index is 1.35. The van der Waals surface area contributed by atoms with Gasteiger partial charge in [-0.05, 0) is 86.7 Å². The van der Waals surface area contributed by atoms with Crippen molar-refractivity contribution in [1.82, 2.24) is 10.2 Å². The second kappa shape index (κ2) is 9.79. The van der Waals surface area contributed by atoms with Gasteiger partial charge in [-0.2, -0.15) is 0 Å². The number of hydrogen-bond acceptors (Lipinski definition) is 5. The van der Waals surface area contributed by atoms with E-state index in [2.05, 4.69) is 16.3 Å². The van der Waals surface area contributed by atoms with Crippen molar-refractivity contribution in [2.24, 2.45) is 11.8 Å². The van der Waals surface area contributed by atoms with E-state index in [1.807, 2.05) is 24.3 Å². The minimum absolute atomic E-state index is 0.0271. The molecule has 1 N–H and O–H groups in total. The van der Waals surface area contributed by atoms with Crippen molar-refractivity contribution in [3.05, 3.63) is 60.1 Å². The summed E-state index contributed by atoms with van der Waals surface area (Å²) in [7, 11) is 0. The van der Waals surface area contributed by atoms with Crippen LogP contribution in [0, 0.1) is 11.8 Å². The number of nitrogens with zero attached hydrogens (tertiary/aromatic N) is 1. The zero-order valence-electron chi connectivity index (χ0n) is 19.9. The zero-order chi connectivity index (χ0) is 23.5. The molecule has 5 rings (SSSR count). The minimum atomic E-state index is -0.302. The average Bonchev–Trinajstić information content (AvgIpc) is 3.47. The van der Waals surface area contributed by atoms with Crippen LogP contribution in [-0.2, 0) is 15.0 Å². The standard InChI is InChI=1S/C28H34N2O4/c1-20(31)34-26-4-2-3-23(15-26)28-12-13-30(17-21-5-6-21)18-24(28)8-9-25(16-28)29-27(32)10-7-22-11-14-33-19-22/h2-4,7,10-11,14-15,19,21,24-25H,5-6,8-9,12-13,16-18H2,1H3,(H,29,32)/t24-,25+,28+/m1/s1. The lowest BCUT2D eigenvalue weighted by atomic mass is 9.58. The molecule has 3 fully saturated rings. The Morgan fingerprint density at radius 3 is 2.88 bits per heavy atom. The lowest BCUT2D eigenvalue weighted by Crippen LogP contribution is -2.56. The number of piperidine rings is 1. The summed E-state index contributed by atoms with van der Waals surface area (Å²) in [5.74, 6) is 1.65. The first-order valence-electron chi connectivity index (χ1n) is 12.5. The summed E-state index contributed by atoms with van der Waals surface area (Å²) in [5.41, 5.74) is 2.08. The fourth-order valence-corrected chi connectivity index (χ4v) is 6.00. The number of ether oxygens (including phenoxy) is 1. The van der Waals surface area contributed by atoms with Gasteiger partial charge in [-0.25, -0.2) is 0 Å². The van der Waals surface area contributed by atoms with Crippen LogP contribution in [0.4, 0.5) is 0 Å². The molecule has 1 aromatic carbocycles. The molecule has 0 unspecified atom stereocenters. The summed E-state index contributed by atoms with van der Waals surface area (Å²) < 4.78 is 10.5. The molecule has 0 spiro atoms. The van der Waals surface area contributed by atoms with Crippen LogP contribution >= 0.6 is 0 Å². The van der Waals surface area contributed by atoms with E-state index in [0.717, 1.165) is 50.3 Å². The Morgan fingerprint density at radius 1 is 1.24 bits per heavy atom. The Labute approximate surface area is 201 Å². The van der Waals surface area contributed by atoms with Crippen molar-refractivity contribution in [2.45, 2.75) is 56.9 Å². The van der Waals surface area contributed by atoms with Gasteiger partial charge in [0.2, 0.25) is 5.91 Å². The van der Waals surface area contributed by atoms with Crippen molar-refractivity contribution in [2.75, 3.05) is 19.6 Å². The molecule has 3 aliphatic rings. The Kier molecular flexibility index (Phi) is 6.59. The van der Waals surface area contributed by atoms with E-state index in [4.69, 9.17) is 9.15 Å². The number of carbonyl (C=O) groups is 2. The van der Waals surface area contributed by atoms with E-state index in [1.165, 1.54) is 31.9 Å². The molecule has 0 radical (unpaired) electrons. The highest BCUT2D eigenvalue weighted by atomic mass is 16.5.